The molecule has 2 unspecified atom stereocenters. The van der Waals surface area contributed by atoms with Gasteiger partial charge in [0, 0.05) is 29.7 Å². The first-order chi connectivity index (χ1) is 20.0. The number of nitrogens with zero attached hydrogens (tertiary/aromatic N) is 4. The Morgan fingerprint density at radius 1 is 0.952 bits per heavy atom. The molecular weight excluding hydrogens is 563 g/mol. The van der Waals surface area contributed by atoms with Crippen molar-refractivity contribution in [2.45, 2.75) is 38.1 Å². The number of allylic oxidation sites excluding steroid dienone is 1. The molecule has 9 nitrogen and oxygen atoms in total. The highest BCUT2D eigenvalue weighted by Gasteiger charge is 2.30. The number of halogens is 5. The van der Waals surface area contributed by atoms with Gasteiger partial charge in [-0.15, -0.1) is 0 Å². The van der Waals surface area contributed by atoms with Crippen LogP contribution in [0, 0.1) is 35.0 Å². The van der Waals surface area contributed by atoms with Crippen LogP contribution in [0.5, 0.6) is 11.5 Å². The zero-order chi connectivity index (χ0) is 30.1. The summed E-state index contributed by atoms with van der Waals surface area (Å²) in [7, 11) is 0. The monoisotopic (exact) mass is 586 g/mol. The maximum atomic E-state index is 15.5. The van der Waals surface area contributed by atoms with Crippen molar-refractivity contribution in [1.29, 1.82) is 0 Å². The average molecular weight is 587 g/mol. The van der Waals surface area contributed by atoms with Crippen LogP contribution in [0.3, 0.4) is 0 Å². The first-order valence-corrected chi connectivity index (χ1v) is 12.9. The molecular formula is C28H23F5N6O3. The van der Waals surface area contributed by atoms with E-state index in [0.29, 0.717) is 24.9 Å². The van der Waals surface area contributed by atoms with E-state index in [1.54, 1.807) is 4.68 Å². The molecule has 5 rings (SSSR count). The van der Waals surface area contributed by atoms with Gasteiger partial charge in [-0.1, -0.05) is 12.8 Å². The molecule has 4 N–H and O–H groups in total. The molecule has 14 heteroatoms. The third-order valence-corrected chi connectivity index (χ3v) is 7.06. The minimum absolute atomic E-state index is 0.00555. The van der Waals surface area contributed by atoms with Gasteiger partial charge in [0.25, 0.3) is 0 Å². The highest BCUT2D eigenvalue weighted by Crippen LogP contribution is 2.39. The molecule has 0 aliphatic heterocycles. The summed E-state index contributed by atoms with van der Waals surface area (Å²) in [5.74, 6) is -11.1. The molecule has 2 aromatic heterocycles. The fraction of sp³-hybridized carbons (Fsp3) is 0.250. The summed E-state index contributed by atoms with van der Waals surface area (Å²) in [6, 6.07) is 2.79. The summed E-state index contributed by atoms with van der Waals surface area (Å²) in [4.78, 5) is 32.1. The number of ether oxygens (including phenoxy) is 1. The number of anilines is 1. The first-order valence-electron chi connectivity index (χ1n) is 12.9. The summed E-state index contributed by atoms with van der Waals surface area (Å²) in [6.45, 7) is 0. The SMILES string of the molecule is NC(=O)/C=C/C(=O)C1CCCCC(n2nc(-c3ccc(Oc4c(F)c(F)cc(F)c4F)cc3F)c3c(N)ncnc32)C1. The molecule has 1 fully saturated rings. The van der Waals surface area contributed by atoms with Crippen LogP contribution in [0.15, 0.2) is 42.7 Å². The Balaban J connectivity index is 1.52. The van der Waals surface area contributed by atoms with Gasteiger partial charge in [0.15, 0.2) is 23.1 Å². The largest absolute Gasteiger partial charge is 0.451 e. The summed E-state index contributed by atoms with van der Waals surface area (Å²) >= 11 is 0. The Morgan fingerprint density at radius 2 is 1.67 bits per heavy atom. The molecule has 0 spiro atoms. The third kappa shape index (κ3) is 5.51. The number of aromatic nitrogens is 4. The molecule has 1 amide bonds. The Hall–Kier alpha value is -4.88. The van der Waals surface area contributed by atoms with Gasteiger partial charge in [0.05, 0.1) is 11.4 Å². The van der Waals surface area contributed by atoms with E-state index >= 15 is 4.39 Å². The Labute approximate surface area is 235 Å². The van der Waals surface area contributed by atoms with E-state index in [-0.39, 0.29) is 40.4 Å². The highest BCUT2D eigenvalue weighted by molar-refractivity contribution is 5.99. The van der Waals surface area contributed by atoms with Crippen molar-refractivity contribution in [2.24, 2.45) is 11.7 Å². The summed E-state index contributed by atoms with van der Waals surface area (Å²) < 4.78 is 77.3. The van der Waals surface area contributed by atoms with Gasteiger partial charge in [-0.25, -0.2) is 27.8 Å². The van der Waals surface area contributed by atoms with E-state index in [1.165, 1.54) is 12.4 Å². The third-order valence-electron chi connectivity index (χ3n) is 7.06. The minimum atomic E-state index is -1.78. The molecule has 1 aliphatic rings. The van der Waals surface area contributed by atoms with Crippen LogP contribution in [0.4, 0.5) is 27.8 Å². The number of nitrogen functional groups attached to an aromatic ring is 1. The molecule has 0 bridgehead atoms. The van der Waals surface area contributed by atoms with E-state index in [0.717, 1.165) is 37.1 Å². The molecule has 1 aliphatic carbocycles. The lowest BCUT2D eigenvalue weighted by atomic mass is 9.93. The minimum Gasteiger partial charge on any atom is -0.451 e. The molecule has 0 saturated heterocycles. The van der Waals surface area contributed by atoms with Crippen molar-refractivity contribution in [3.05, 3.63) is 71.8 Å². The van der Waals surface area contributed by atoms with Crippen LogP contribution < -0.4 is 16.2 Å². The number of carbonyl (C=O) groups excluding carboxylic acids is 2. The number of rotatable bonds is 7. The van der Waals surface area contributed by atoms with Gasteiger partial charge in [-0.05, 0) is 37.5 Å². The zero-order valence-electron chi connectivity index (χ0n) is 21.8. The van der Waals surface area contributed by atoms with Gasteiger partial charge in [-0.3, -0.25) is 9.59 Å². The number of ketones is 1. The number of amides is 1. The van der Waals surface area contributed by atoms with E-state index in [4.69, 9.17) is 16.2 Å². The second-order valence-electron chi connectivity index (χ2n) is 9.80. The molecule has 42 heavy (non-hydrogen) atoms. The van der Waals surface area contributed by atoms with Crippen molar-refractivity contribution < 1.29 is 36.3 Å². The lowest BCUT2D eigenvalue weighted by Gasteiger charge is -2.19. The second-order valence-corrected chi connectivity index (χ2v) is 9.80. The van der Waals surface area contributed by atoms with E-state index in [9.17, 15) is 27.2 Å². The topological polar surface area (TPSA) is 139 Å². The maximum absolute atomic E-state index is 15.5. The van der Waals surface area contributed by atoms with Gasteiger partial charge in [-0.2, -0.15) is 13.9 Å². The van der Waals surface area contributed by atoms with Crippen LogP contribution in [0.2, 0.25) is 0 Å². The lowest BCUT2D eigenvalue weighted by molar-refractivity contribution is -0.119. The maximum Gasteiger partial charge on any atom is 0.241 e. The Morgan fingerprint density at radius 3 is 2.36 bits per heavy atom. The van der Waals surface area contributed by atoms with Gasteiger partial charge < -0.3 is 16.2 Å². The molecule has 2 aromatic carbocycles. The number of fused-ring (bicyclic) bond motifs is 1. The Bertz CT molecular complexity index is 1720. The van der Waals surface area contributed by atoms with Crippen LogP contribution >= 0.6 is 0 Å². The summed E-state index contributed by atoms with van der Waals surface area (Å²) in [5, 5.41) is 4.84. The summed E-state index contributed by atoms with van der Waals surface area (Å²) in [5.41, 5.74) is 11.5. The van der Waals surface area contributed by atoms with E-state index < -0.39 is 52.4 Å². The van der Waals surface area contributed by atoms with Crippen molar-refractivity contribution in [1.82, 2.24) is 19.7 Å². The van der Waals surface area contributed by atoms with Crippen molar-refractivity contribution in [2.75, 3.05) is 5.73 Å². The molecule has 4 aromatic rings. The zero-order valence-corrected chi connectivity index (χ0v) is 21.8. The standard InChI is InChI=1S/C28H23F5N6O3/c29-17-10-15(42-26-23(32)18(30)11-19(31)24(26)33)5-6-16(17)25-22-27(35)36-12-37-28(22)39(38-25)14-4-2-1-3-13(9-14)20(40)7-8-21(34)41/h5-8,10-14H,1-4,9H2,(H2,34,41)(H2,35,36,37)/b8-7+. The number of carbonyl (C=O) groups is 2. The van der Waals surface area contributed by atoms with E-state index in [2.05, 4.69) is 15.1 Å². The predicted octanol–water partition coefficient (Wildman–Crippen LogP) is 5.30. The van der Waals surface area contributed by atoms with Crippen LogP contribution in [-0.4, -0.2) is 31.4 Å². The normalized spacial score (nSPS) is 17.5. The van der Waals surface area contributed by atoms with Crippen LogP contribution in [0.1, 0.15) is 38.1 Å². The van der Waals surface area contributed by atoms with Crippen LogP contribution in [-0.2, 0) is 9.59 Å². The smallest absolute Gasteiger partial charge is 0.241 e. The number of benzene rings is 2. The number of nitrogens with two attached hydrogens (primary N) is 2. The summed E-state index contributed by atoms with van der Waals surface area (Å²) in [6.07, 6.45) is 6.50. The predicted molar refractivity (Wildman–Crippen MR) is 140 cm³/mol. The number of hydrogen-bond donors (Lipinski definition) is 2. The molecule has 2 heterocycles. The second kappa shape index (κ2) is 11.5. The van der Waals surface area contributed by atoms with Crippen molar-refractivity contribution in [3.63, 3.8) is 0 Å². The quantitative estimate of drug-likeness (QED) is 0.130. The number of hydrogen-bond acceptors (Lipinski definition) is 7. The highest BCUT2D eigenvalue weighted by atomic mass is 19.2. The molecule has 218 valence electrons. The fourth-order valence-corrected chi connectivity index (χ4v) is 5.06. The van der Waals surface area contributed by atoms with Gasteiger partial charge >= 0.3 is 0 Å². The van der Waals surface area contributed by atoms with Crippen molar-refractivity contribution >= 4 is 28.5 Å². The van der Waals surface area contributed by atoms with Crippen LogP contribution in [0.25, 0.3) is 22.3 Å². The first kappa shape index (κ1) is 28.6. The fourth-order valence-electron chi connectivity index (χ4n) is 5.06. The molecule has 2 atom stereocenters. The van der Waals surface area contributed by atoms with Gasteiger partial charge in [0.2, 0.25) is 23.3 Å². The Kier molecular flexibility index (Phi) is 7.87. The molecule has 1 saturated carbocycles. The van der Waals surface area contributed by atoms with Gasteiger partial charge in [0.1, 0.15) is 29.4 Å². The average Bonchev–Trinajstić information content (AvgIpc) is 3.16. The number of primary amides is 1. The molecule has 0 radical (unpaired) electrons. The van der Waals surface area contributed by atoms with Crippen molar-refractivity contribution in [3.8, 4) is 22.8 Å². The van der Waals surface area contributed by atoms with E-state index in [1.807, 2.05) is 0 Å². The lowest BCUT2D eigenvalue weighted by Crippen LogP contribution is -2.19.